The monoisotopic (exact) mass is 197 g/mol. The van der Waals surface area contributed by atoms with Gasteiger partial charge in [-0.05, 0) is 24.1 Å². The van der Waals surface area contributed by atoms with Crippen LogP contribution in [0.2, 0.25) is 0 Å². The Bertz CT molecular complexity index is 492. The lowest BCUT2D eigenvalue weighted by Crippen LogP contribution is -2.01. The van der Waals surface area contributed by atoms with Gasteiger partial charge in [0, 0.05) is 12.4 Å². The molecule has 1 heterocycles. The number of nitriles is 1. The van der Waals surface area contributed by atoms with E-state index in [-0.39, 0.29) is 0 Å². The van der Waals surface area contributed by atoms with Gasteiger partial charge in [-0.1, -0.05) is 12.1 Å². The first-order valence-corrected chi connectivity index (χ1v) is 4.75. The molecule has 0 fully saturated rings. The summed E-state index contributed by atoms with van der Waals surface area (Å²) in [5, 5.41) is 9.00. The molecule has 0 atom stereocenters. The zero-order valence-corrected chi connectivity index (χ0v) is 8.51. The molecule has 1 aromatic carbocycles. The average molecular weight is 197 g/mol. The number of benzene rings is 1. The van der Waals surface area contributed by atoms with E-state index < -0.39 is 0 Å². The molecule has 0 N–H and O–H groups in total. The fourth-order valence-electron chi connectivity index (χ4n) is 1.58. The van der Waals surface area contributed by atoms with Crippen LogP contribution < -0.4 is 0 Å². The third-order valence-electron chi connectivity index (χ3n) is 2.43. The highest BCUT2D eigenvalue weighted by molar-refractivity contribution is 5.42. The van der Waals surface area contributed by atoms with Gasteiger partial charge in [0.25, 0.3) is 0 Å². The van der Waals surface area contributed by atoms with E-state index in [1.807, 2.05) is 35.9 Å². The van der Waals surface area contributed by atoms with Gasteiger partial charge < -0.3 is 4.57 Å². The number of nitrogens with zero attached hydrogens (tertiary/aromatic N) is 3. The van der Waals surface area contributed by atoms with Gasteiger partial charge in [0.05, 0.1) is 24.5 Å². The largest absolute Gasteiger partial charge is 0.333 e. The average Bonchev–Trinajstić information content (AvgIpc) is 2.74. The zero-order valence-electron chi connectivity index (χ0n) is 8.51. The fraction of sp³-hybridized carbons (Fsp3) is 0.167. The maximum absolute atomic E-state index is 9.00. The molecule has 0 radical (unpaired) electrons. The van der Waals surface area contributed by atoms with Crippen LogP contribution in [0, 0.1) is 18.3 Å². The Morgan fingerprint density at radius 1 is 1.47 bits per heavy atom. The van der Waals surface area contributed by atoms with E-state index in [9.17, 15) is 0 Å². The molecular weight excluding hydrogens is 186 g/mol. The molecule has 15 heavy (non-hydrogen) atoms. The molecule has 2 aromatic rings. The molecule has 0 aliphatic heterocycles. The topological polar surface area (TPSA) is 41.6 Å². The van der Waals surface area contributed by atoms with Crippen molar-refractivity contribution in [1.29, 1.82) is 5.26 Å². The zero-order chi connectivity index (χ0) is 10.7. The maximum atomic E-state index is 9.00. The second kappa shape index (κ2) is 3.97. The van der Waals surface area contributed by atoms with E-state index in [2.05, 4.69) is 11.1 Å². The molecule has 0 bridgehead atoms. The highest BCUT2D eigenvalue weighted by atomic mass is 15.0. The quantitative estimate of drug-likeness (QED) is 0.739. The standard InChI is InChI=1S/C12H11N3/c1-10-3-2-4-11(7-13)12(10)8-15-6-5-14-9-15/h2-6,9H,8H2,1H3. The van der Waals surface area contributed by atoms with Gasteiger partial charge in [0.15, 0.2) is 0 Å². The predicted octanol–water partition coefficient (Wildman–Crippen LogP) is 2.11. The second-order valence-corrected chi connectivity index (χ2v) is 3.45. The summed E-state index contributed by atoms with van der Waals surface area (Å²) in [6.07, 6.45) is 5.39. The predicted molar refractivity (Wildman–Crippen MR) is 57.2 cm³/mol. The molecule has 0 unspecified atom stereocenters. The molecule has 74 valence electrons. The minimum atomic E-state index is 0.704. The number of imidazole rings is 1. The minimum Gasteiger partial charge on any atom is -0.333 e. The summed E-state index contributed by atoms with van der Waals surface area (Å²) in [6.45, 7) is 2.72. The first-order valence-electron chi connectivity index (χ1n) is 4.75. The van der Waals surface area contributed by atoms with Crippen molar-refractivity contribution in [3.63, 3.8) is 0 Å². The van der Waals surface area contributed by atoms with Crippen LogP contribution in [0.3, 0.4) is 0 Å². The maximum Gasteiger partial charge on any atom is 0.0995 e. The first kappa shape index (κ1) is 9.47. The molecule has 0 aliphatic carbocycles. The van der Waals surface area contributed by atoms with Crippen LogP contribution in [0.1, 0.15) is 16.7 Å². The first-order chi connectivity index (χ1) is 7.31. The number of hydrogen-bond donors (Lipinski definition) is 0. The number of rotatable bonds is 2. The van der Waals surface area contributed by atoms with Crippen molar-refractivity contribution in [2.75, 3.05) is 0 Å². The Hall–Kier alpha value is -2.08. The van der Waals surface area contributed by atoms with Crippen molar-refractivity contribution in [1.82, 2.24) is 9.55 Å². The summed E-state index contributed by atoms with van der Waals surface area (Å²) in [5.74, 6) is 0. The van der Waals surface area contributed by atoms with Crippen molar-refractivity contribution in [3.8, 4) is 6.07 Å². The highest BCUT2D eigenvalue weighted by Gasteiger charge is 2.05. The van der Waals surface area contributed by atoms with Crippen LogP contribution in [0.4, 0.5) is 0 Å². The lowest BCUT2D eigenvalue weighted by atomic mass is 10.0. The summed E-state index contributed by atoms with van der Waals surface area (Å²) in [6, 6.07) is 7.99. The second-order valence-electron chi connectivity index (χ2n) is 3.45. The van der Waals surface area contributed by atoms with Gasteiger partial charge in [0.2, 0.25) is 0 Å². The number of aryl methyl sites for hydroxylation is 1. The molecule has 3 nitrogen and oxygen atoms in total. The summed E-state index contributed by atoms with van der Waals surface area (Å²) in [7, 11) is 0. The SMILES string of the molecule is Cc1cccc(C#N)c1Cn1ccnc1. The van der Waals surface area contributed by atoms with Gasteiger partial charge in [-0.25, -0.2) is 4.98 Å². The van der Waals surface area contributed by atoms with Crippen molar-refractivity contribution in [2.45, 2.75) is 13.5 Å². The van der Waals surface area contributed by atoms with Crippen LogP contribution in [0.15, 0.2) is 36.9 Å². The molecule has 0 saturated heterocycles. The Balaban J connectivity index is 2.40. The van der Waals surface area contributed by atoms with E-state index >= 15 is 0 Å². The van der Waals surface area contributed by atoms with Crippen LogP contribution >= 0.6 is 0 Å². The van der Waals surface area contributed by atoms with Gasteiger partial charge in [-0.2, -0.15) is 5.26 Å². The summed E-state index contributed by atoms with van der Waals surface area (Å²) < 4.78 is 1.96. The van der Waals surface area contributed by atoms with Crippen LogP contribution in [-0.2, 0) is 6.54 Å². The van der Waals surface area contributed by atoms with E-state index in [0.29, 0.717) is 6.54 Å². The molecule has 0 saturated carbocycles. The van der Waals surface area contributed by atoms with Crippen LogP contribution in [0.5, 0.6) is 0 Å². The van der Waals surface area contributed by atoms with E-state index in [1.165, 1.54) is 0 Å². The molecule has 0 amide bonds. The minimum absolute atomic E-state index is 0.704. The lowest BCUT2D eigenvalue weighted by Gasteiger charge is -2.08. The Morgan fingerprint density at radius 3 is 3.00 bits per heavy atom. The summed E-state index contributed by atoms with van der Waals surface area (Å²) in [4.78, 5) is 3.98. The van der Waals surface area contributed by atoms with Crippen molar-refractivity contribution < 1.29 is 0 Å². The van der Waals surface area contributed by atoms with Gasteiger partial charge in [0.1, 0.15) is 0 Å². The molecule has 0 aliphatic rings. The molecule has 0 spiro atoms. The summed E-state index contributed by atoms with van der Waals surface area (Å²) >= 11 is 0. The Kier molecular flexibility index (Phi) is 2.51. The van der Waals surface area contributed by atoms with Crippen molar-refractivity contribution >= 4 is 0 Å². The van der Waals surface area contributed by atoms with Gasteiger partial charge in [-0.15, -0.1) is 0 Å². The van der Waals surface area contributed by atoms with E-state index in [4.69, 9.17) is 5.26 Å². The molecular formula is C12H11N3. The lowest BCUT2D eigenvalue weighted by molar-refractivity contribution is 0.790. The highest BCUT2D eigenvalue weighted by Crippen LogP contribution is 2.14. The third kappa shape index (κ3) is 1.89. The van der Waals surface area contributed by atoms with Crippen molar-refractivity contribution in [3.05, 3.63) is 53.6 Å². The van der Waals surface area contributed by atoms with Gasteiger partial charge in [-0.3, -0.25) is 0 Å². The smallest absolute Gasteiger partial charge is 0.0995 e. The third-order valence-corrected chi connectivity index (χ3v) is 2.43. The number of aromatic nitrogens is 2. The fourth-order valence-corrected chi connectivity index (χ4v) is 1.58. The molecule has 3 heteroatoms. The number of hydrogen-bond acceptors (Lipinski definition) is 2. The molecule has 1 aromatic heterocycles. The van der Waals surface area contributed by atoms with Crippen molar-refractivity contribution in [2.24, 2.45) is 0 Å². The van der Waals surface area contributed by atoms with Crippen LogP contribution in [-0.4, -0.2) is 9.55 Å². The van der Waals surface area contributed by atoms with Crippen LogP contribution in [0.25, 0.3) is 0 Å². The summed E-state index contributed by atoms with van der Waals surface area (Å²) in [5.41, 5.74) is 2.95. The van der Waals surface area contributed by atoms with Gasteiger partial charge >= 0.3 is 0 Å². The molecule has 2 rings (SSSR count). The normalized spacial score (nSPS) is 9.87. The van der Waals surface area contributed by atoms with E-state index in [1.54, 1.807) is 12.5 Å². The Labute approximate surface area is 88.6 Å². The van der Waals surface area contributed by atoms with E-state index in [0.717, 1.165) is 16.7 Å². The Morgan fingerprint density at radius 2 is 2.33 bits per heavy atom.